The van der Waals surface area contributed by atoms with E-state index >= 15 is 0 Å². The summed E-state index contributed by atoms with van der Waals surface area (Å²) >= 11 is 0. The summed E-state index contributed by atoms with van der Waals surface area (Å²) in [5, 5.41) is 7.15. The van der Waals surface area contributed by atoms with E-state index in [1.165, 1.54) is 4.90 Å². The molecule has 1 aromatic carbocycles. The van der Waals surface area contributed by atoms with Gasteiger partial charge in [0.1, 0.15) is 5.56 Å². The quantitative estimate of drug-likeness (QED) is 0.689. The number of nitrogens with one attached hydrogen (secondary N) is 1. The number of nitrogens with zero attached hydrogens (tertiary/aromatic N) is 5. The molecule has 9 heteroatoms. The smallest absolute Gasteiger partial charge is 0.259 e. The summed E-state index contributed by atoms with van der Waals surface area (Å²) in [5.74, 6) is -0.564. The summed E-state index contributed by atoms with van der Waals surface area (Å²) in [4.78, 5) is 33.2. The third-order valence-electron chi connectivity index (χ3n) is 5.04. The summed E-state index contributed by atoms with van der Waals surface area (Å²) in [6.07, 6.45) is 3.35. The van der Waals surface area contributed by atoms with Crippen molar-refractivity contribution in [2.24, 2.45) is 0 Å². The number of likely N-dealkylation sites (N-methyl/N-ethyl adjacent to an activating group) is 1. The number of amides is 2. The van der Waals surface area contributed by atoms with Crippen molar-refractivity contribution in [3.05, 3.63) is 54.0 Å². The molecule has 30 heavy (non-hydrogen) atoms. The highest BCUT2D eigenvalue weighted by Crippen LogP contribution is 2.19. The first-order valence-corrected chi connectivity index (χ1v) is 9.81. The molecule has 9 nitrogen and oxygen atoms in total. The third kappa shape index (κ3) is 4.11. The molecule has 2 aromatic heterocycles. The molecular formula is C21H24N6O3. The Labute approximate surface area is 174 Å². The Morgan fingerprint density at radius 1 is 1.20 bits per heavy atom. The van der Waals surface area contributed by atoms with Gasteiger partial charge < -0.3 is 19.9 Å². The minimum absolute atomic E-state index is 0.0757. The van der Waals surface area contributed by atoms with Crippen molar-refractivity contribution < 1.29 is 14.3 Å². The molecule has 0 unspecified atom stereocenters. The number of anilines is 2. The van der Waals surface area contributed by atoms with Crippen LogP contribution in [0.2, 0.25) is 0 Å². The van der Waals surface area contributed by atoms with Gasteiger partial charge in [0.2, 0.25) is 5.91 Å². The maximum absolute atomic E-state index is 12.9. The molecule has 1 saturated heterocycles. The number of benzene rings is 1. The first-order valence-electron chi connectivity index (χ1n) is 9.81. The summed E-state index contributed by atoms with van der Waals surface area (Å²) in [6, 6.07) is 9.43. The highest BCUT2D eigenvalue weighted by molar-refractivity contribution is 6.03. The van der Waals surface area contributed by atoms with Crippen molar-refractivity contribution >= 4 is 28.8 Å². The van der Waals surface area contributed by atoms with Gasteiger partial charge in [-0.1, -0.05) is 0 Å². The maximum Gasteiger partial charge on any atom is 0.259 e. The van der Waals surface area contributed by atoms with E-state index in [9.17, 15) is 9.59 Å². The number of morpholine rings is 1. The predicted molar refractivity (Wildman–Crippen MR) is 113 cm³/mol. The molecule has 1 fully saturated rings. The molecule has 156 valence electrons. The van der Waals surface area contributed by atoms with Gasteiger partial charge in [-0.3, -0.25) is 9.59 Å². The number of carbonyl (C=O) groups is 2. The van der Waals surface area contributed by atoms with Gasteiger partial charge in [-0.25, -0.2) is 9.50 Å². The van der Waals surface area contributed by atoms with Gasteiger partial charge in [0.25, 0.3) is 5.91 Å². The molecule has 0 atom stereocenters. The van der Waals surface area contributed by atoms with Crippen LogP contribution in [0.3, 0.4) is 0 Å². The van der Waals surface area contributed by atoms with Crippen molar-refractivity contribution in [2.75, 3.05) is 50.1 Å². The standard InChI is InChI=1S/C21H24N6O3/c1-15-19(20-22-8-3-9-27(20)24-15)21(29)25(2)14-18(28)23-16-4-6-17(7-5-16)26-10-12-30-13-11-26/h3-9H,10-14H2,1-2H3,(H,23,28). The maximum atomic E-state index is 12.9. The third-order valence-corrected chi connectivity index (χ3v) is 5.04. The number of carbonyl (C=O) groups excluding carboxylic acids is 2. The van der Waals surface area contributed by atoms with E-state index in [0.717, 1.165) is 32.0 Å². The Balaban J connectivity index is 1.38. The molecule has 0 radical (unpaired) electrons. The van der Waals surface area contributed by atoms with Gasteiger partial charge in [-0.05, 0) is 37.3 Å². The van der Waals surface area contributed by atoms with Crippen molar-refractivity contribution in [1.82, 2.24) is 19.5 Å². The fourth-order valence-electron chi connectivity index (χ4n) is 3.50. The lowest BCUT2D eigenvalue weighted by atomic mass is 10.2. The van der Waals surface area contributed by atoms with E-state index in [1.807, 2.05) is 24.3 Å². The topological polar surface area (TPSA) is 92.1 Å². The summed E-state index contributed by atoms with van der Waals surface area (Å²) < 4.78 is 6.93. The van der Waals surface area contributed by atoms with Crippen LogP contribution in [-0.4, -0.2) is 71.2 Å². The van der Waals surface area contributed by atoms with Crippen molar-refractivity contribution in [3.8, 4) is 0 Å². The molecule has 1 aliphatic heterocycles. The number of aryl methyl sites for hydroxylation is 1. The Hall–Kier alpha value is -3.46. The monoisotopic (exact) mass is 408 g/mol. The molecule has 1 aliphatic rings. The highest BCUT2D eigenvalue weighted by atomic mass is 16.5. The number of aromatic nitrogens is 3. The second kappa shape index (κ2) is 8.50. The van der Waals surface area contributed by atoms with Gasteiger partial charge >= 0.3 is 0 Å². The van der Waals surface area contributed by atoms with Crippen LogP contribution in [0.5, 0.6) is 0 Å². The van der Waals surface area contributed by atoms with E-state index < -0.39 is 0 Å². The van der Waals surface area contributed by atoms with Crippen LogP contribution in [0.4, 0.5) is 11.4 Å². The van der Waals surface area contributed by atoms with Gasteiger partial charge in [-0.2, -0.15) is 5.10 Å². The van der Waals surface area contributed by atoms with Crippen molar-refractivity contribution in [1.29, 1.82) is 0 Å². The second-order valence-corrected chi connectivity index (χ2v) is 7.20. The number of ether oxygens (including phenoxy) is 1. The van der Waals surface area contributed by atoms with Crippen LogP contribution in [-0.2, 0) is 9.53 Å². The minimum Gasteiger partial charge on any atom is -0.378 e. The van der Waals surface area contributed by atoms with E-state index in [0.29, 0.717) is 22.6 Å². The van der Waals surface area contributed by atoms with Crippen LogP contribution in [0.15, 0.2) is 42.7 Å². The van der Waals surface area contributed by atoms with Crippen LogP contribution < -0.4 is 10.2 Å². The number of rotatable bonds is 5. The van der Waals surface area contributed by atoms with Crippen molar-refractivity contribution in [2.45, 2.75) is 6.92 Å². The average Bonchev–Trinajstić information content (AvgIpc) is 3.10. The fourth-order valence-corrected chi connectivity index (χ4v) is 3.50. The first kappa shape index (κ1) is 19.8. The molecule has 3 heterocycles. The largest absolute Gasteiger partial charge is 0.378 e. The molecule has 0 bridgehead atoms. The predicted octanol–water partition coefficient (Wildman–Crippen LogP) is 1.59. The Morgan fingerprint density at radius 3 is 2.67 bits per heavy atom. The van der Waals surface area contributed by atoms with E-state index in [1.54, 1.807) is 36.9 Å². The number of fused-ring (bicyclic) bond motifs is 1. The number of hydrogen-bond acceptors (Lipinski definition) is 6. The zero-order valence-electron chi connectivity index (χ0n) is 17.0. The fraction of sp³-hybridized carbons (Fsp3) is 0.333. The Bertz CT molecular complexity index is 1060. The van der Waals surface area contributed by atoms with Crippen LogP contribution in [0, 0.1) is 6.92 Å². The normalized spacial score (nSPS) is 14.0. The van der Waals surface area contributed by atoms with Gasteiger partial charge in [0.05, 0.1) is 25.5 Å². The zero-order valence-corrected chi connectivity index (χ0v) is 17.0. The van der Waals surface area contributed by atoms with Crippen LogP contribution >= 0.6 is 0 Å². The van der Waals surface area contributed by atoms with E-state index in [2.05, 4.69) is 20.3 Å². The van der Waals surface area contributed by atoms with E-state index in [-0.39, 0.29) is 18.4 Å². The molecule has 0 aliphatic carbocycles. The molecule has 0 saturated carbocycles. The molecular weight excluding hydrogens is 384 g/mol. The molecule has 4 rings (SSSR count). The lowest BCUT2D eigenvalue weighted by Crippen LogP contribution is -2.36. The summed E-state index contributed by atoms with van der Waals surface area (Å²) in [7, 11) is 1.59. The average molecular weight is 408 g/mol. The van der Waals surface area contributed by atoms with Gasteiger partial charge in [0.15, 0.2) is 5.65 Å². The van der Waals surface area contributed by atoms with Gasteiger partial charge in [0, 0.05) is 43.9 Å². The first-order chi connectivity index (χ1) is 14.5. The Kier molecular flexibility index (Phi) is 5.62. The van der Waals surface area contributed by atoms with Crippen LogP contribution in [0.1, 0.15) is 16.1 Å². The second-order valence-electron chi connectivity index (χ2n) is 7.20. The molecule has 2 amide bonds. The SMILES string of the molecule is Cc1nn2cccnc2c1C(=O)N(C)CC(=O)Nc1ccc(N2CCOCC2)cc1. The van der Waals surface area contributed by atoms with Crippen molar-refractivity contribution in [3.63, 3.8) is 0 Å². The van der Waals surface area contributed by atoms with Gasteiger partial charge in [-0.15, -0.1) is 0 Å². The van der Waals surface area contributed by atoms with E-state index in [4.69, 9.17) is 4.74 Å². The minimum atomic E-state index is -0.293. The van der Waals surface area contributed by atoms with Crippen LogP contribution in [0.25, 0.3) is 5.65 Å². The summed E-state index contributed by atoms with van der Waals surface area (Å²) in [6.45, 7) is 4.84. The highest BCUT2D eigenvalue weighted by Gasteiger charge is 2.23. The molecule has 3 aromatic rings. The Morgan fingerprint density at radius 2 is 1.93 bits per heavy atom. The molecule has 0 spiro atoms. The molecule has 1 N–H and O–H groups in total. The lowest BCUT2D eigenvalue weighted by molar-refractivity contribution is -0.116. The zero-order chi connectivity index (χ0) is 21.1. The number of hydrogen-bond donors (Lipinski definition) is 1. The lowest BCUT2D eigenvalue weighted by Gasteiger charge is -2.28. The summed E-state index contributed by atoms with van der Waals surface area (Å²) in [5.41, 5.74) is 3.24.